The van der Waals surface area contributed by atoms with Crippen molar-refractivity contribution in [2.45, 2.75) is 13.8 Å². The number of para-hydroxylation sites is 1. The van der Waals surface area contributed by atoms with E-state index in [1.54, 1.807) is 12.4 Å². The topological polar surface area (TPSA) is 27.1 Å². The maximum Gasteiger partial charge on any atom is 0.163 e. The van der Waals surface area contributed by atoms with Gasteiger partial charge in [0.05, 0.1) is 12.4 Å². The smallest absolute Gasteiger partial charge is 0.163 e. The standard InChI is InChI=1S/C11H12N2O/c1-9-5-3-6-10(2)11(9)14-13-8-4-7-12-13/h3-8H,1-2H3. The Labute approximate surface area is 82.9 Å². The van der Waals surface area contributed by atoms with Crippen molar-refractivity contribution in [3.05, 3.63) is 47.8 Å². The molecule has 0 N–H and O–H groups in total. The van der Waals surface area contributed by atoms with Crippen molar-refractivity contribution in [3.8, 4) is 5.75 Å². The zero-order valence-electron chi connectivity index (χ0n) is 8.27. The highest BCUT2D eigenvalue weighted by Crippen LogP contribution is 2.22. The molecule has 1 aromatic carbocycles. The molecule has 1 heterocycles. The van der Waals surface area contributed by atoms with Gasteiger partial charge in [0.2, 0.25) is 0 Å². The summed E-state index contributed by atoms with van der Waals surface area (Å²) >= 11 is 0. The normalized spacial score (nSPS) is 10.1. The van der Waals surface area contributed by atoms with Crippen LogP contribution in [0.15, 0.2) is 36.7 Å². The van der Waals surface area contributed by atoms with E-state index in [4.69, 9.17) is 4.84 Å². The molecule has 72 valence electrons. The molecule has 0 bridgehead atoms. The van der Waals surface area contributed by atoms with E-state index in [0.29, 0.717) is 0 Å². The number of nitrogens with zero attached hydrogens (tertiary/aromatic N) is 2. The summed E-state index contributed by atoms with van der Waals surface area (Å²) in [4.78, 5) is 7.04. The molecule has 0 saturated heterocycles. The summed E-state index contributed by atoms with van der Waals surface area (Å²) in [6, 6.07) is 7.88. The fraction of sp³-hybridized carbons (Fsp3) is 0.182. The van der Waals surface area contributed by atoms with E-state index in [1.807, 2.05) is 38.1 Å². The summed E-state index contributed by atoms with van der Waals surface area (Å²) < 4.78 is 0. The lowest BCUT2D eigenvalue weighted by molar-refractivity contribution is 0.176. The van der Waals surface area contributed by atoms with E-state index in [-0.39, 0.29) is 0 Å². The molecule has 2 aromatic rings. The monoisotopic (exact) mass is 188 g/mol. The largest absolute Gasteiger partial charge is 0.358 e. The van der Waals surface area contributed by atoms with E-state index in [0.717, 1.165) is 16.9 Å². The highest BCUT2D eigenvalue weighted by molar-refractivity contribution is 5.39. The number of rotatable bonds is 2. The predicted molar refractivity (Wildman–Crippen MR) is 54.2 cm³/mol. The minimum absolute atomic E-state index is 0.871. The zero-order chi connectivity index (χ0) is 9.97. The Morgan fingerprint density at radius 1 is 1.14 bits per heavy atom. The van der Waals surface area contributed by atoms with E-state index in [9.17, 15) is 0 Å². The summed E-state index contributed by atoms with van der Waals surface area (Å²) in [5.41, 5.74) is 2.22. The van der Waals surface area contributed by atoms with E-state index in [1.165, 1.54) is 4.85 Å². The Bertz CT molecular complexity index is 401. The molecule has 1 aromatic heterocycles. The van der Waals surface area contributed by atoms with Crippen LogP contribution in [0.4, 0.5) is 0 Å². The first-order chi connectivity index (χ1) is 6.77. The Kier molecular flexibility index (Phi) is 2.23. The Hall–Kier alpha value is -1.77. The van der Waals surface area contributed by atoms with Gasteiger partial charge in [0.1, 0.15) is 0 Å². The molecule has 0 aliphatic carbocycles. The minimum atomic E-state index is 0.871. The molecular weight excluding hydrogens is 176 g/mol. The van der Waals surface area contributed by atoms with Crippen LogP contribution < -0.4 is 4.84 Å². The Morgan fingerprint density at radius 3 is 2.43 bits per heavy atom. The molecule has 0 spiro atoms. The van der Waals surface area contributed by atoms with Gasteiger partial charge in [0.25, 0.3) is 0 Å². The summed E-state index contributed by atoms with van der Waals surface area (Å²) in [5, 5.41) is 3.99. The molecule has 0 radical (unpaired) electrons. The summed E-state index contributed by atoms with van der Waals surface area (Å²) in [5.74, 6) is 0.871. The fourth-order valence-corrected chi connectivity index (χ4v) is 1.35. The number of hydrogen-bond acceptors (Lipinski definition) is 2. The number of aromatic nitrogens is 2. The van der Waals surface area contributed by atoms with Crippen LogP contribution in [-0.4, -0.2) is 9.94 Å². The van der Waals surface area contributed by atoms with Gasteiger partial charge in [-0.15, -0.1) is 9.94 Å². The SMILES string of the molecule is Cc1cccc(C)c1On1cccn1. The molecule has 2 rings (SSSR count). The van der Waals surface area contributed by atoms with Crippen molar-refractivity contribution < 1.29 is 4.84 Å². The molecule has 0 saturated carbocycles. The molecule has 0 fully saturated rings. The van der Waals surface area contributed by atoms with Crippen LogP contribution in [0.5, 0.6) is 5.75 Å². The second-order valence-corrected chi connectivity index (χ2v) is 3.22. The second kappa shape index (κ2) is 3.54. The fourth-order valence-electron chi connectivity index (χ4n) is 1.35. The van der Waals surface area contributed by atoms with Gasteiger partial charge in [-0.25, -0.2) is 0 Å². The summed E-state index contributed by atoms with van der Waals surface area (Å²) in [6.07, 6.45) is 3.46. The zero-order valence-corrected chi connectivity index (χ0v) is 8.27. The molecule has 0 aliphatic heterocycles. The van der Waals surface area contributed by atoms with Gasteiger partial charge in [-0.1, -0.05) is 18.2 Å². The summed E-state index contributed by atoms with van der Waals surface area (Å²) in [6.45, 7) is 4.04. The van der Waals surface area contributed by atoms with Crippen LogP contribution in [0.1, 0.15) is 11.1 Å². The molecule has 3 heteroatoms. The van der Waals surface area contributed by atoms with Crippen molar-refractivity contribution >= 4 is 0 Å². The van der Waals surface area contributed by atoms with Crippen LogP contribution >= 0.6 is 0 Å². The third-order valence-electron chi connectivity index (χ3n) is 2.07. The molecule has 0 aliphatic rings. The van der Waals surface area contributed by atoms with Crippen LogP contribution in [0.3, 0.4) is 0 Å². The van der Waals surface area contributed by atoms with Crippen LogP contribution in [0.25, 0.3) is 0 Å². The first kappa shape index (κ1) is 8.81. The third kappa shape index (κ3) is 1.62. The lowest BCUT2D eigenvalue weighted by Gasteiger charge is -2.09. The summed E-state index contributed by atoms with van der Waals surface area (Å²) in [7, 11) is 0. The predicted octanol–water partition coefficient (Wildman–Crippen LogP) is 2.34. The minimum Gasteiger partial charge on any atom is -0.358 e. The van der Waals surface area contributed by atoms with Gasteiger partial charge in [0, 0.05) is 0 Å². The first-order valence-electron chi connectivity index (χ1n) is 4.51. The quantitative estimate of drug-likeness (QED) is 0.723. The highest BCUT2D eigenvalue weighted by Gasteiger charge is 2.03. The van der Waals surface area contributed by atoms with Gasteiger partial charge >= 0.3 is 0 Å². The average molecular weight is 188 g/mol. The van der Waals surface area contributed by atoms with E-state index >= 15 is 0 Å². The second-order valence-electron chi connectivity index (χ2n) is 3.22. The number of aryl methyl sites for hydroxylation is 2. The molecular formula is C11H12N2O. The van der Waals surface area contributed by atoms with E-state index < -0.39 is 0 Å². The molecule has 0 atom stereocenters. The van der Waals surface area contributed by atoms with E-state index in [2.05, 4.69) is 5.10 Å². The van der Waals surface area contributed by atoms with Crippen molar-refractivity contribution in [1.82, 2.24) is 9.94 Å². The van der Waals surface area contributed by atoms with Crippen molar-refractivity contribution in [1.29, 1.82) is 0 Å². The molecule has 0 amide bonds. The molecule has 0 unspecified atom stereocenters. The van der Waals surface area contributed by atoms with Crippen LogP contribution in [-0.2, 0) is 0 Å². The van der Waals surface area contributed by atoms with Crippen molar-refractivity contribution in [3.63, 3.8) is 0 Å². The van der Waals surface area contributed by atoms with Crippen LogP contribution in [0, 0.1) is 13.8 Å². The lowest BCUT2D eigenvalue weighted by Crippen LogP contribution is -2.07. The van der Waals surface area contributed by atoms with Gasteiger partial charge in [-0.2, -0.15) is 0 Å². The average Bonchev–Trinajstić information content (AvgIpc) is 2.64. The van der Waals surface area contributed by atoms with Crippen molar-refractivity contribution in [2.75, 3.05) is 0 Å². The van der Waals surface area contributed by atoms with Crippen molar-refractivity contribution in [2.24, 2.45) is 0 Å². The Balaban J connectivity index is 2.33. The highest BCUT2D eigenvalue weighted by atomic mass is 16.7. The number of hydrogen-bond donors (Lipinski definition) is 0. The Morgan fingerprint density at radius 2 is 1.86 bits per heavy atom. The van der Waals surface area contributed by atoms with Gasteiger partial charge < -0.3 is 4.84 Å². The lowest BCUT2D eigenvalue weighted by atomic mass is 10.1. The third-order valence-corrected chi connectivity index (χ3v) is 2.07. The van der Waals surface area contributed by atoms with Crippen LogP contribution in [0.2, 0.25) is 0 Å². The maximum absolute atomic E-state index is 5.59. The molecule has 3 nitrogen and oxygen atoms in total. The first-order valence-corrected chi connectivity index (χ1v) is 4.51. The van der Waals surface area contributed by atoms with Gasteiger partial charge in [-0.05, 0) is 31.0 Å². The van der Waals surface area contributed by atoms with Gasteiger partial charge in [-0.3, -0.25) is 0 Å². The van der Waals surface area contributed by atoms with Gasteiger partial charge in [0.15, 0.2) is 5.75 Å². The number of benzene rings is 1. The maximum atomic E-state index is 5.59. The molecule has 14 heavy (non-hydrogen) atoms.